The van der Waals surface area contributed by atoms with Gasteiger partial charge in [0.25, 0.3) is 0 Å². The van der Waals surface area contributed by atoms with E-state index in [1.54, 1.807) is 13.0 Å². The summed E-state index contributed by atoms with van der Waals surface area (Å²) in [6, 6.07) is 8.27. The van der Waals surface area contributed by atoms with E-state index in [4.69, 9.17) is 15.7 Å². The molecule has 3 rings (SSSR count). The second-order valence-corrected chi connectivity index (χ2v) is 7.13. The second-order valence-electron chi connectivity index (χ2n) is 7.13. The van der Waals surface area contributed by atoms with Crippen molar-refractivity contribution in [1.82, 2.24) is 9.88 Å². The Morgan fingerprint density at radius 3 is 2.97 bits per heavy atom. The zero-order valence-corrected chi connectivity index (χ0v) is 18.3. The Labute approximate surface area is 204 Å². The van der Waals surface area contributed by atoms with Crippen LogP contribution in [0.2, 0.25) is 0 Å². The minimum Gasteiger partial charge on any atom is -0.494 e. The normalized spacial score (nSPS) is 16.3. The number of hydrogen-bond donors (Lipinski definition) is 1. The van der Waals surface area contributed by atoms with Crippen molar-refractivity contribution in [2.45, 2.75) is 20.3 Å². The number of allylic oxidation sites excluding steroid dienone is 1. The van der Waals surface area contributed by atoms with Crippen LogP contribution in [0.1, 0.15) is 34.6 Å². The standard InChI is InChI=1S/C26H27FN4O2/c1-5-33-25-14-24-22(13-18(25)12-21(32)7-6-10-31(3)4)26(19(15-28)16-29-24)30-20-8-9-23(27)17(2)11-20/h6-9,11,13-14,16H,5,10,12H2,1-4H3,(H,29,30)/b7-6+/i3D3,5D2,6D,10D2. The molecule has 0 saturated carbocycles. The van der Waals surface area contributed by atoms with Gasteiger partial charge in [-0.15, -0.1) is 0 Å². The van der Waals surface area contributed by atoms with Crippen molar-refractivity contribution in [3.8, 4) is 11.8 Å². The van der Waals surface area contributed by atoms with Crippen molar-refractivity contribution in [1.29, 1.82) is 5.26 Å². The molecule has 2 aromatic carbocycles. The summed E-state index contributed by atoms with van der Waals surface area (Å²) in [5.41, 5.74) is 1.67. The zero-order chi connectivity index (χ0) is 30.9. The summed E-state index contributed by atoms with van der Waals surface area (Å²) < 4.78 is 81.3. The maximum Gasteiger partial charge on any atom is 0.159 e. The Balaban J connectivity index is 2.13. The Bertz CT molecular complexity index is 1560. The molecule has 0 bridgehead atoms. The van der Waals surface area contributed by atoms with E-state index in [1.165, 1.54) is 30.5 Å². The van der Waals surface area contributed by atoms with E-state index in [-0.39, 0.29) is 28.1 Å². The van der Waals surface area contributed by atoms with Gasteiger partial charge >= 0.3 is 0 Å². The number of carbonyl (C=O) groups excluding carboxylic acids is 1. The minimum atomic E-state index is -2.86. The first-order chi connectivity index (χ1) is 18.8. The zero-order valence-electron chi connectivity index (χ0n) is 26.3. The first-order valence-corrected chi connectivity index (χ1v) is 9.87. The molecule has 1 N–H and O–H groups in total. The van der Waals surface area contributed by atoms with Crippen LogP contribution in [0.25, 0.3) is 10.9 Å². The molecule has 0 radical (unpaired) electrons. The van der Waals surface area contributed by atoms with Crippen LogP contribution < -0.4 is 10.1 Å². The smallest absolute Gasteiger partial charge is 0.159 e. The Kier molecular flexibility index (Phi) is 4.91. The predicted molar refractivity (Wildman–Crippen MR) is 128 cm³/mol. The lowest BCUT2D eigenvalue weighted by molar-refractivity contribution is -0.114. The van der Waals surface area contributed by atoms with Crippen LogP contribution in [0.3, 0.4) is 0 Å². The number of nitrogens with one attached hydrogen (secondary N) is 1. The summed E-state index contributed by atoms with van der Waals surface area (Å²) in [5, 5.41) is 13.2. The third-order valence-corrected chi connectivity index (χ3v) is 4.64. The highest BCUT2D eigenvalue weighted by atomic mass is 19.1. The van der Waals surface area contributed by atoms with Gasteiger partial charge in [-0.05, 0) is 63.8 Å². The van der Waals surface area contributed by atoms with E-state index in [0.717, 1.165) is 14.0 Å². The number of aryl methyl sites for hydroxylation is 1. The van der Waals surface area contributed by atoms with Crippen LogP contribution >= 0.6 is 0 Å². The number of fused-ring (bicyclic) bond motifs is 1. The number of ether oxygens (including phenoxy) is 1. The summed E-state index contributed by atoms with van der Waals surface area (Å²) in [4.78, 5) is 17.6. The number of anilines is 2. The fourth-order valence-corrected chi connectivity index (χ4v) is 3.14. The van der Waals surface area contributed by atoms with Gasteiger partial charge in [0.2, 0.25) is 0 Å². The molecule has 0 fully saturated rings. The van der Waals surface area contributed by atoms with E-state index in [1.807, 2.05) is 6.07 Å². The Morgan fingerprint density at radius 2 is 2.27 bits per heavy atom. The first kappa shape index (κ1) is 15.1. The molecule has 0 spiro atoms. The lowest BCUT2D eigenvalue weighted by atomic mass is 10.0. The number of benzene rings is 2. The average Bonchev–Trinajstić information content (AvgIpc) is 2.85. The number of nitriles is 1. The predicted octanol–water partition coefficient (Wildman–Crippen LogP) is 4.93. The van der Waals surface area contributed by atoms with Crippen LogP contribution in [-0.4, -0.2) is 42.7 Å². The number of hydrogen-bond acceptors (Lipinski definition) is 6. The molecule has 3 aromatic rings. The number of likely N-dealkylation sites (N-methyl/N-ethyl adjacent to an activating group) is 1. The number of aromatic nitrogens is 1. The largest absolute Gasteiger partial charge is 0.494 e. The summed E-state index contributed by atoms with van der Waals surface area (Å²) in [6.07, 6.45) is 1.49. The van der Waals surface area contributed by atoms with Crippen LogP contribution in [0, 0.1) is 24.1 Å². The van der Waals surface area contributed by atoms with Crippen LogP contribution in [0.5, 0.6) is 5.75 Å². The van der Waals surface area contributed by atoms with Crippen molar-refractivity contribution < 1.29 is 24.9 Å². The van der Waals surface area contributed by atoms with Crippen LogP contribution in [-0.2, 0) is 11.2 Å². The van der Waals surface area contributed by atoms with Crippen LogP contribution in [0.4, 0.5) is 15.8 Å². The summed E-state index contributed by atoms with van der Waals surface area (Å²) >= 11 is 0. The molecule has 0 unspecified atom stereocenters. The van der Waals surface area contributed by atoms with E-state index in [9.17, 15) is 14.4 Å². The second kappa shape index (κ2) is 10.7. The first-order valence-electron chi connectivity index (χ1n) is 13.9. The number of halogens is 1. The molecule has 170 valence electrons. The topological polar surface area (TPSA) is 78.2 Å². The lowest BCUT2D eigenvalue weighted by Crippen LogP contribution is -2.11. The third kappa shape index (κ3) is 5.93. The van der Waals surface area contributed by atoms with E-state index in [0.29, 0.717) is 27.6 Å². The molecule has 0 atom stereocenters. The Hall–Kier alpha value is -3.76. The lowest BCUT2D eigenvalue weighted by Gasteiger charge is -2.15. The number of carbonyl (C=O) groups is 1. The molecule has 0 aliphatic heterocycles. The number of rotatable bonds is 9. The van der Waals surface area contributed by atoms with Crippen molar-refractivity contribution in [2.24, 2.45) is 0 Å². The number of ketones is 1. The summed E-state index contributed by atoms with van der Waals surface area (Å²) in [5.74, 6) is -1.25. The molecule has 1 aromatic heterocycles. The van der Waals surface area contributed by atoms with Gasteiger partial charge < -0.3 is 15.0 Å². The quantitative estimate of drug-likeness (QED) is 0.462. The van der Waals surface area contributed by atoms with Gasteiger partial charge in [0.05, 0.1) is 27.4 Å². The van der Waals surface area contributed by atoms with Gasteiger partial charge in [0.15, 0.2) is 5.78 Å². The van der Waals surface area contributed by atoms with Gasteiger partial charge in [-0.3, -0.25) is 9.78 Å². The van der Waals surface area contributed by atoms with E-state index >= 15 is 0 Å². The maximum atomic E-state index is 13.8. The van der Waals surface area contributed by atoms with Gasteiger partial charge in [-0.2, -0.15) is 5.26 Å². The third-order valence-electron chi connectivity index (χ3n) is 4.64. The fourth-order valence-electron chi connectivity index (χ4n) is 3.14. The van der Waals surface area contributed by atoms with Gasteiger partial charge in [0.1, 0.15) is 17.6 Å². The van der Waals surface area contributed by atoms with Crippen LogP contribution in [0.15, 0.2) is 48.7 Å². The molecule has 7 heteroatoms. The molecule has 0 saturated heterocycles. The van der Waals surface area contributed by atoms with E-state index in [2.05, 4.69) is 10.3 Å². The van der Waals surface area contributed by atoms with Crippen molar-refractivity contribution >= 4 is 28.1 Å². The SMILES string of the molecule is [2H]/C(=C\C(=O)Cc1cc2c(Nc3ccc(F)c(C)c3)c(C#N)cnc2cc1OC([2H])([2H])C)C([2H])([2H])N(C)C([2H])([2H])[2H]. The van der Waals surface area contributed by atoms with Crippen molar-refractivity contribution in [3.63, 3.8) is 0 Å². The molecule has 0 amide bonds. The van der Waals surface area contributed by atoms with Crippen molar-refractivity contribution in [2.75, 3.05) is 32.4 Å². The molecular formula is C26H27FN4O2. The highest BCUT2D eigenvalue weighted by Crippen LogP contribution is 2.34. The molecule has 6 nitrogen and oxygen atoms in total. The minimum absolute atomic E-state index is 0.0540. The summed E-state index contributed by atoms with van der Waals surface area (Å²) in [6.45, 7) is -5.09. The van der Waals surface area contributed by atoms with Gasteiger partial charge in [-0.1, -0.05) is 6.05 Å². The van der Waals surface area contributed by atoms with Gasteiger partial charge in [-0.25, -0.2) is 4.39 Å². The maximum absolute atomic E-state index is 13.8. The molecule has 1 heterocycles. The molecular weight excluding hydrogens is 419 g/mol. The monoisotopic (exact) mass is 454 g/mol. The van der Waals surface area contributed by atoms with Gasteiger partial charge in [0, 0.05) is 48.7 Å². The van der Waals surface area contributed by atoms with Crippen molar-refractivity contribution in [3.05, 3.63) is 71.2 Å². The molecule has 0 aliphatic rings. The summed E-state index contributed by atoms with van der Waals surface area (Å²) in [7, 11) is 0.968. The highest BCUT2D eigenvalue weighted by molar-refractivity contribution is 5.98. The number of nitrogens with zero attached hydrogens (tertiary/aromatic N) is 3. The molecule has 33 heavy (non-hydrogen) atoms. The average molecular weight is 455 g/mol. The number of pyridine rings is 1. The molecule has 0 aliphatic carbocycles. The Morgan fingerprint density at radius 1 is 1.45 bits per heavy atom. The van der Waals surface area contributed by atoms with E-state index < -0.39 is 44.1 Å². The highest BCUT2D eigenvalue weighted by Gasteiger charge is 2.16. The fraction of sp³-hybridized carbons (Fsp3) is 0.269.